The molecule has 5 nitrogen and oxygen atoms in total. The number of nitrogens with zero attached hydrogens (tertiary/aromatic N) is 3. The highest BCUT2D eigenvalue weighted by atomic mass is 16.4. The third kappa shape index (κ3) is 4.10. The molecule has 0 amide bonds. The van der Waals surface area contributed by atoms with E-state index in [4.69, 9.17) is 4.42 Å². The average molecular weight is 315 g/mol. The predicted molar refractivity (Wildman–Crippen MR) is 89.4 cm³/mol. The van der Waals surface area contributed by atoms with Gasteiger partial charge in [0.25, 0.3) is 0 Å². The molecule has 5 heteroatoms. The van der Waals surface area contributed by atoms with E-state index in [0.717, 1.165) is 45.2 Å². The molecule has 0 saturated carbocycles. The number of hydrogen-bond acceptors (Lipinski definition) is 5. The van der Waals surface area contributed by atoms with Gasteiger partial charge in [-0.2, -0.15) is 0 Å². The summed E-state index contributed by atoms with van der Waals surface area (Å²) in [7, 11) is 0. The van der Waals surface area contributed by atoms with Crippen LogP contribution < -0.4 is 4.90 Å². The second kappa shape index (κ2) is 7.59. The van der Waals surface area contributed by atoms with E-state index < -0.39 is 0 Å². The maximum Gasteiger partial charge on any atom is 0.318 e. The first kappa shape index (κ1) is 16.0. The summed E-state index contributed by atoms with van der Waals surface area (Å²) in [4.78, 5) is 2.14. The van der Waals surface area contributed by atoms with Crippen molar-refractivity contribution in [3.63, 3.8) is 0 Å². The molecule has 124 valence electrons. The maximum atomic E-state index is 10.5. The van der Waals surface area contributed by atoms with Crippen molar-refractivity contribution < 1.29 is 9.52 Å². The standard InChI is InChI=1S/C18H25N3O2/c1-2-6-17-19-20-18(23-17)21-11-9-15(10-12-21)16(22)13-14-7-4-3-5-8-14/h3-5,7-8,15-16,22H,2,6,9-13H2,1H3. The lowest BCUT2D eigenvalue weighted by Gasteiger charge is -2.33. The first-order valence-electron chi connectivity index (χ1n) is 8.55. The second-order valence-electron chi connectivity index (χ2n) is 6.31. The first-order valence-corrected chi connectivity index (χ1v) is 8.55. The maximum absolute atomic E-state index is 10.5. The minimum atomic E-state index is -0.280. The highest BCUT2D eigenvalue weighted by Gasteiger charge is 2.27. The summed E-state index contributed by atoms with van der Waals surface area (Å²) < 4.78 is 5.70. The summed E-state index contributed by atoms with van der Waals surface area (Å²) in [5, 5.41) is 18.7. The Hall–Kier alpha value is -1.88. The van der Waals surface area contributed by atoms with Crippen LogP contribution in [0.2, 0.25) is 0 Å². The first-order chi connectivity index (χ1) is 11.3. The van der Waals surface area contributed by atoms with E-state index in [1.165, 1.54) is 5.56 Å². The van der Waals surface area contributed by atoms with Crippen molar-refractivity contribution in [2.24, 2.45) is 5.92 Å². The van der Waals surface area contributed by atoms with E-state index >= 15 is 0 Å². The van der Waals surface area contributed by atoms with Gasteiger partial charge in [-0.25, -0.2) is 0 Å². The summed E-state index contributed by atoms with van der Waals surface area (Å²) in [6, 6.07) is 10.8. The molecule has 1 aromatic carbocycles. The zero-order chi connectivity index (χ0) is 16.1. The van der Waals surface area contributed by atoms with E-state index in [1.807, 2.05) is 18.2 Å². The van der Waals surface area contributed by atoms with Gasteiger partial charge in [0.15, 0.2) is 0 Å². The van der Waals surface area contributed by atoms with Gasteiger partial charge in [0.2, 0.25) is 5.89 Å². The molecule has 1 saturated heterocycles. The van der Waals surface area contributed by atoms with Crippen LogP contribution in [0.1, 0.15) is 37.6 Å². The Labute approximate surface area is 137 Å². The van der Waals surface area contributed by atoms with Crippen molar-refractivity contribution in [2.45, 2.75) is 45.1 Å². The summed E-state index contributed by atoms with van der Waals surface area (Å²) in [6.45, 7) is 3.83. The zero-order valence-electron chi connectivity index (χ0n) is 13.7. The van der Waals surface area contributed by atoms with Crippen molar-refractivity contribution in [1.82, 2.24) is 10.2 Å². The minimum absolute atomic E-state index is 0.280. The highest BCUT2D eigenvalue weighted by molar-refractivity contribution is 5.25. The molecule has 0 bridgehead atoms. The van der Waals surface area contributed by atoms with Gasteiger partial charge in [-0.3, -0.25) is 0 Å². The second-order valence-corrected chi connectivity index (χ2v) is 6.31. The number of benzene rings is 1. The number of rotatable bonds is 6. The fraction of sp³-hybridized carbons (Fsp3) is 0.556. The molecule has 0 radical (unpaired) electrons. The molecular weight excluding hydrogens is 290 g/mol. The van der Waals surface area contributed by atoms with Crippen LogP contribution in [0, 0.1) is 5.92 Å². The van der Waals surface area contributed by atoms with Crippen molar-refractivity contribution in [3.8, 4) is 0 Å². The molecule has 3 rings (SSSR count). The average Bonchev–Trinajstić information content (AvgIpc) is 3.05. The molecule has 2 aromatic rings. The van der Waals surface area contributed by atoms with E-state index in [1.54, 1.807) is 0 Å². The lowest BCUT2D eigenvalue weighted by molar-refractivity contribution is 0.0923. The van der Waals surface area contributed by atoms with Crippen LogP contribution in [0.4, 0.5) is 6.01 Å². The van der Waals surface area contributed by atoms with Gasteiger partial charge in [-0.15, -0.1) is 5.10 Å². The third-order valence-electron chi connectivity index (χ3n) is 4.56. The molecule has 23 heavy (non-hydrogen) atoms. The largest absolute Gasteiger partial charge is 0.408 e. The Bertz CT molecular complexity index is 591. The molecular formula is C18H25N3O2. The third-order valence-corrected chi connectivity index (χ3v) is 4.56. The summed E-state index contributed by atoms with van der Waals surface area (Å²) in [5.74, 6) is 1.05. The molecule has 0 aliphatic carbocycles. The molecule has 1 N–H and O–H groups in total. The number of hydrogen-bond donors (Lipinski definition) is 1. The van der Waals surface area contributed by atoms with E-state index in [-0.39, 0.29) is 6.10 Å². The zero-order valence-corrected chi connectivity index (χ0v) is 13.7. The molecule has 1 atom stereocenters. The van der Waals surface area contributed by atoms with E-state index in [0.29, 0.717) is 17.8 Å². The number of aliphatic hydroxyl groups excluding tert-OH is 1. The van der Waals surface area contributed by atoms with Gasteiger partial charge < -0.3 is 14.4 Å². The molecule has 1 unspecified atom stereocenters. The number of piperidine rings is 1. The number of aliphatic hydroxyl groups is 1. The van der Waals surface area contributed by atoms with Crippen LogP contribution in [-0.2, 0) is 12.8 Å². The molecule has 1 aliphatic heterocycles. The van der Waals surface area contributed by atoms with Crippen molar-refractivity contribution in [1.29, 1.82) is 0 Å². The quantitative estimate of drug-likeness (QED) is 0.888. The molecule has 1 fully saturated rings. The Morgan fingerprint density at radius 1 is 1.22 bits per heavy atom. The molecule has 0 spiro atoms. The number of aryl methyl sites for hydroxylation is 1. The smallest absolute Gasteiger partial charge is 0.318 e. The van der Waals surface area contributed by atoms with Crippen LogP contribution in [-0.4, -0.2) is 34.5 Å². The van der Waals surface area contributed by atoms with Gasteiger partial charge in [0, 0.05) is 19.5 Å². The lowest BCUT2D eigenvalue weighted by Crippen LogP contribution is -2.38. The topological polar surface area (TPSA) is 62.4 Å². The summed E-state index contributed by atoms with van der Waals surface area (Å²) >= 11 is 0. The molecule has 1 aromatic heterocycles. The normalized spacial score (nSPS) is 17.4. The van der Waals surface area contributed by atoms with Crippen LogP contribution in [0.15, 0.2) is 34.7 Å². The van der Waals surface area contributed by atoms with Gasteiger partial charge in [0.1, 0.15) is 0 Å². The van der Waals surface area contributed by atoms with Crippen molar-refractivity contribution >= 4 is 6.01 Å². The fourth-order valence-electron chi connectivity index (χ4n) is 3.19. The van der Waals surface area contributed by atoms with Gasteiger partial charge in [0.05, 0.1) is 6.10 Å². The Kier molecular flexibility index (Phi) is 5.28. The fourth-order valence-corrected chi connectivity index (χ4v) is 3.19. The number of aromatic nitrogens is 2. The Morgan fingerprint density at radius 3 is 2.65 bits per heavy atom. The van der Waals surface area contributed by atoms with Crippen molar-refractivity contribution in [3.05, 3.63) is 41.8 Å². The van der Waals surface area contributed by atoms with Crippen molar-refractivity contribution in [2.75, 3.05) is 18.0 Å². The lowest BCUT2D eigenvalue weighted by atomic mass is 9.88. The van der Waals surface area contributed by atoms with E-state index in [9.17, 15) is 5.11 Å². The Balaban J connectivity index is 1.51. The highest BCUT2D eigenvalue weighted by Crippen LogP contribution is 2.26. The van der Waals surface area contributed by atoms with Crippen LogP contribution >= 0.6 is 0 Å². The van der Waals surface area contributed by atoms with Gasteiger partial charge >= 0.3 is 6.01 Å². The molecule has 2 heterocycles. The summed E-state index contributed by atoms with van der Waals surface area (Å²) in [5.41, 5.74) is 1.20. The SMILES string of the molecule is CCCc1nnc(N2CCC(C(O)Cc3ccccc3)CC2)o1. The van der Waals surface area contributed by atoms with Gasteiger partial charge in [-0.05, 0) is 37.2 Å². The molecule has 1 aliphatic rings. The summed E-state index contributed by atoms with van der Waals surface area (Å²) in [6.07, 6.45) is 4.21. The monoisotopic (exact) mass is 315 g/mol. The van der Waals surface area contributed by atoms with Gasteiger partial charge in [-0.1, -0.05) is 42.4 Å². The van der Waals surface area contributed by atoms with Crippen LogP contribution in [0.3, 0.4) is 0 Å². The Morgan fingerprint density at radius 2 is 1.96 bits per heavy atom. The minimum Gasteiger partial charge on any atom is -0.408 e. The number of anilines is 1. The van der Waals surface area contributed by atoms with E-state index in [2.05, 4.69) is 34.2 Å². The predicted octanol–water partition coefficient (Wildman–Crippen LogP) is 2.84. The van der Waals surface area contributed by atoms with Crippen LogP contribution in [0.25, 0.3) is 0 Å². The van der Waals surface area contributed by atoms with Crippen LogP contribution in [0.5, 0.6) is 0 Å².